The van der Waals surface area contributed by atoms with Crippen LogP contribution in [-0.4, -0.2) is 10.2 Å². The van der Waals surface area contributed by atoms with Crippen LogP contribution in [0.1, 0.15) is 23.7 Å². The summed E-state index contributed by atoms with van der Waals surface area (Å²) in [6.07, 6.45) is -5.50. The zero-order chi connectivity index (χ0) is 12.8. The number of alkyl halides is 3. The van der Waals surface area contributed by atoms with E-state index in [0.29, 0.717) is 0 Å². The van der Waals surface area contributed by atoms with Gasteiger partial charge in [-0.15, -0.1) is 0 Å². The summed E-state index contributed by atoms with van der Waals surface area (Å²) < 4.78 is 43.0. The van der Waals surface area contributed by atoms with Gasteiger partial charge < -0.3 is 9.84 Å². The first-order valence-electron chi connectivity index (χ1n) is 4.58. The van der Waals surface area contributed by atoms with E-state index in [1.165, 1.54) is 0 Å². The number of hydrogen-bond acceptors (Lipinski definition) is 3. The number of aliphatic hydroxyl groups is 1. The molecule has 1 unspecified atom stereocenters. The van der Waals surface area contributed by atoms with Gasteiger partial charge in [-0.05, 0) is 40.3 Å². The molecule has 2 rings (SSSR count). The third-order valence-electron chi connectivity index (χ3n) is 2.33. The molecule has 1 aliphatic heterocycles. The van der Waals surface area contributed by atoms with E-state index in [4.69, 9.17) is 17.0 Å². The summed E-state index contributed by atoms with van der Waals surface area (Å²) in [5, 5.41) is 9.85. The Morgan fingerprint density at radius 1 is 1.41 bits per heavy atom. The molecule has 0 amide bonds. The maximum atomic E-state index is 12.6. The number of hydrogen-bond donors (Lipinski definition) is 1. The smallest absolute Gasteiger partial charge is 0.416 e. The largest absolute Gasteiger partial charge is 0.449 e. The van der Waals surface area contributed by atoms with Crippen molar-refractivity contribution in [2.24, 2.45) is 0 Å². The number of ether oxygens (including phenoxy) is 1. The molecule has 0 radical (unpaired) electrons. The normalized spacial score (nSPS) is 19.8. The van der Waals surface area contributed by atoms with Gasteiger partial charge in [0.1, 0.15) is 5.75 Å². The Kier molecular flexibility index (Phi) is 3.17. The highest BCUT2D eigenvalue weighted by Crippen LogP contribution is 2.43. The topological polar surface area (TPSA) is 29.5 Å². The molecule has 1 heterocycles. The molecule has 0 bridgehead atoms. The van der Waals surface area contributed by atoms with E-state index in [1.54, 1.807) is 0 Å². The van der Waals surface area contributed by atoms with E-state index in [2.05, 4.69) is 15.9 Å². The SMILES string of the molecule is OC1CC(=S)Oc2c(Br)cc(C(F)(F)F)cc21. The number of thiocarbonyl (C=S) groups is 1. The highest BCUT2D eigenvalue weighted by molar-refractivity contribution is 9.10. The van der Waals surface area contributed by atoms with Crippen molar-refractivity contribution in [3.63, 3.8) is 0 Å². The van der Waals surface area contributed by atoms with Crippen LogP contribution in [0, 0.1) is 0 Å². The van der Waals surface area contributed by atoms with Gasteiger partial charge in [0.05, 0.1) is 16.1 Å². The van der Waals surface area contributed by atoms with Gasteiger partial charge in [0.25, 0.3) is 0 Å². The first-order valence-corrected chi connectivity index (χ1v) is 5.78. The zero-order valence-corrected chi connectivity index (χ0v) is 10.6. The van der Waals surface area contributed by atoms with E-state index in [9.17, 15) is 18.3 Å². The predicted octanol–water partition coefficient (Wildman–Crippen LogP) is 3.61. The van der Waals surface area contributed by atoms with Gasteiger partial charge in [0.15, 0.2) is 5.05 Å². The lowest BCUT2D eigenvalue weighted by atomic mass is 10.0. The summed E-state index contributed by atoms with van der Waals surface area (Å²) in [6, 6.07) is 1.78. The molecule has 0 spiro atoms. The third kappa shape index (κ3) is 2.46. The molecule has 0 aliphatic carbocycles. The lowest BCUT2D eigenvalue weighted by Gasteiger charge is -2.24. The molecule has 17 heavy (non-hydrogen) atoms. The minimum atomic E-state index is -4.46. The summed E-state index contributed by atoms with van der Waals surface area (Å²) in [5.74, 6) is 0.154. The molecular formula is C10H6BrF3O2S. The molecule has 92 valence electrons. The van der Waals surface area contributed by atoms with Crippen molar-refractivity contribution in [2.45, 2.75) is 18.7 Å². The van der Waals surface area contributed by atoms with E-state index in [1.807, 2.05) is 0 Å². The van der Waals surface area contributed by atoms with Gasteiger partial charge in [-0.3, -0.25) is 0 Å². The molecule has 0 aromatic heterocycles. The molecule has 0 saturated heterocycles. The molecule has 0 saturated carbocycles. The summed E-state index contributed by atoms with van der Waals surface area (Å²) >= 11 is 7.78. The van der Waals surface area contributed by atoms with E-state index >= 15 is 0 Å². The van der Waals surface area contributed by atoms with Crippen molar-refractivity contribution >= 4 is 33.2 Å². The maximum absolute atomic E-state index is 12.6. The fraction of sp³-hybridized carbons (Fsp3) is 0.300. The minimum absolute atomic E-state index is 0.0239. The monoisotopic (exact) mass is 326 g/mol. The van der Waals surface area contributed by atoms with Crippen LogP contribution >= 0.6 is 28.1 Å². The second kappa shape index (κ2) is 4.22. The summed E-state index contributed by atoms with van der Waals surface area (Å²) in [7, 11) is 0. The quantitative estimate of drug-likeness (QED) is 0.738. The van der Waals surface area contributed by atoms with Crippen molar-refractivity contribution in [1.29, 1.82) is 0 Å². The molecule has 1 aromatic carbocycles. The number of benzene rings is 1. The van der Waals surface area contributed by atoms with E-state index < -0.39 is 17.8 Å². The fourth-order valence-corrected chi connectivity index (χ4v) is 2.35. The molecule has 2 nitrogen and oxygen atoms in total. The molecule has 1 atom stereocenters. The first-order chi connectivity index (χ1) is 7.79. The van der Waals surface area contributed by atoms with E-state index in [-0.39, 0.29) is 27.3 Å². The number of fused-ring (bicyclic) bond motifs is 1. The molecule has 1 N–H and O–H groups in total. The number of halogens is 4. The highest BCUT2D eigenvalue weighted by Gasteiger charge is 2.34. The second-order valence-corrected chi connectivity index (χ2v) is 4.88. The van der Waals surface area contributed by atoms with Gasteiger partial charge >= 0.3 is 6.18 Å². The van der Waals surface area contributed by atoms with Gasteiger partial charge in [-0.1, -0.05) is 0 Å². The number of aliphatic hydroxyl groups excluding tert-OH is 1. The van der Waals surface area contributed by atoms with Gasteiger partial charge in [-0.2, -0.15) is 13.2 Å². The van der Waals surface area contributed by atoms with Crippen molar-refractivity contribution in [3.8, 4) is 5.75 Å². The molecule has 0 fully saturated rings. The third-order valence-corrected chi connectivity index (χ3v) is 3.17. The van der Waals surface area contributed by atoms with Crippen LogP contribution in [0.4, 0.5) is 13.2 Å². The van der Waals surface area contributed by atoms with Crippen LogP contribution in [-0.2, 0) is 6.18 Å². The summed E-state index contributed by atoms with van der Waals surface area (Å²) in [4.78, 5) is 0. The molecule has 7 heteroatoms. The van der Waals surface area contributed by atoms with Gasteiger partial charge in [-0.25, -0.2) is 0 Å². The van der Waals surface area contributed by atoms with E-state index in [0.717, 1.165) is 12.1 Å². The number of rotatable bonds is 0. The standard InChI is InChI=1S/C10H6BrF3O2S/c11-6-2-4(10(12,13)14)1-5-7(15)3-8(17)16-9(5)6/h1-2,7,15H,3H2. The van der Waals surface area contributed by atoms with Crippen LogP contribution in [0.3, 0.4) is 0 Å². The van der Waals surface area contributed by atoms with Crippen molar-refractivity contribution in [2.75, 3.05) is 0 Å². The van der Waals surface area contributed by atoms with Crippen LogP contribution in [0.25, 0.3) is 0 Å². The summed E-state index contributed by atoms with van der Waals surface area (Å²) in [6.45, 7) is 0. The van der Waals surface area contributed by atoms with Gasteiger partial charge in [0.2, 0.25) is 0 Å². The first kappa shape index (κ1) is 12.8. The Hall–Kier alpha value is -0.660. The maximum Gasteiger partial charge on any atom is 0.416 e. The molecule has 1 aromatic rings. The molecule has 1 aliphatic rings. The minimum Gasteiger partial charge on any atom is -0.449 e. The lowest BCUT2D eigenvalue weighted by Crippen LogP contribution is -2.20. The Morgan fingerprint density at radius 3 is 2.65 bits per heavy atom. The lowest BCUT2D eigenvalue weighted by molar-refractivity contribution is -0.137. The fourth-order valence-electron chi connectivity index (χ4n) is 1.56. The Bertz CT molecular complexity index is 487. The van der Waals surface area contributed by atoms with Gasteiger partial charge in [0, 0.05) is 12.0 Å². The zero-order valence-electron chi connectivity index (χ0n) is 8.21. The average molecular weight is 327 g/mol. The Balaban J connectivity index is 2.58. The highest BCUT2D eigenvalue weighted by atomic mass is 79.9. The van der Waals surface area contributed by atoms with Crippen LogP contribution in [0.5, 0.6) is 5.75 Å². The van der Waals surface area contributed by atoms with Crippen molar-refractivity contribution in [1.82, 2.24) is 0 Å². The molecular weight excluding hydrogens is 321 g/mol. The summed E-state index contributed by atoms with van der Waals surface area (Å²) in [5.41, 5.74) is -0.737. The second-order valence-electron chi connectivity index (χ2n) is 3.57. The van der Waals surface area contributed by atoms with Crippen LogP contribution in [0.2, 0.25) is 0 Å². The van der Waals surface area contributed by atoms with Crippen molar-refractivity contribution in [3.05, 3.63) is 27.7 Å². The average Bonchev–Trinajstić information content (AvgIpc) is 2.17. The predicted molar refractivity (Wildman–Crippen MR) is 61.9 cm³/mol. The van der Waals surface area contributed by atoms with Crippen molar-refractivity contribution < 1.29 is 23.0 Å². The van der Waals surface area contributed by atoms with Crippen LogP contribution < -0.4 is 4.74 Å². The Labute approximate surface area is 109 Å². The Morgan fingerprint density at radius 2 is 2.06 bits per heavy atom. The van der Waals surface area contributed by atoms with Crippen LogP contribution in [0.15, 0.2) is 16.6 Å².